The minimum absolute atomic E-state index is 0.0230. The first-order chi connectivity index (χ1) is 19.0. The Bertz CT molecular complexity index is 1260. The van der Waals surface area contributed by atoms with Gasteiger partial charge in [0.2, 0.25) is 5.78 Å². The van der Waals surface area contributed by atoms with Crippen molar-refractivity contribution in [1.29, 1.82) is 0 Å². The molecule has 3 aliphatic carbocycles. The van der Waals surface area contributed by atoms with Crippen LogP contribution < -0.4 is 0 Å². The van der Waals surface area contributed by atoms with Gasteiger partial charge >= 0.3 is 17.9 Å². The van der Waals surface area contributed by atoms with Crippen LogP contribution in [0.3, 0.4) is 0 Å². The number of aliphatic hydroxyl groups is 2. The molecule has 0 unspecified atom stereocenters. The highest BCUT2D eigenvalue weighted by Gasteiger charge is 2.64. The molecule has 0 aromatic rings. The summed E-state index contributed by atoms with van der Waals surface area (Å²) in [7, 11) is 3.00. The van der Waals surface area contributed by atoms with Gasteiger partial charge in [-0.1, -0.05) is 6.92 Å². The predicted octanol–water partition coefficient (Wildman–Crippen LogP) is 2.53. The van der Waals surface area contributed by atoms with Crippen LogP contribution in [0.25, 0.3) is 0 Å². The highest BCUT2D eigenvalue weighted by atomic mass is 16.6. The van der Waals surface area contributed by atoms with Gasteiger partial charge in [-0.3, -0.25) is 14.4 Å². The molecule has 11 heteroatoms. The molecule has 0 bridgehead atoms. The number of nitrogens with zero attached hydrogens (tertiary/aromatic N) is 1. The maximum atomic E-state index is 14.0. The molecule has 11 nitrogen and oxygen atoms in total. The van der Waals surface area contributed by atoms with Gasteiger partial charge in [-0.25, -0.2) is 4.79 Å². The minimum Gasteiger partial charge on any atom is -0.504 e. The molecule has 0 aromatic heterocycles. The lowest BCUT2D eigenvalue weighted by atomic mass is 9.53. The number of rotatable bonds is 6. The average Bonchev–Trinajstić information content (AvgIpc) is 3.12. The topological polar surface area (TPSA) is 149 Å². The highest BCUT2D eigenvalue weighted by molar-refractivity contribution is 6.13. The predicted molar refractivity (Wildman–Crippen MR) is 145 cm³/mol. The third-order valence-electron chi connectivity index (χ3n) is 8.80. The Hall–Kier alpha value is -3.18. The van der Waals surface area contributed by atoms with Gasteiger partial charge in [0.25, 0.3) is 0 Å². The normalized spacial score (nSPS) is 34.1. The van der Waals surface area contributed by atoms with Gasteiger partial charge in [-0.2, -0.15) is 0 Å². The van der Waals surface area contributed by atoms with Crippen LogP contribution in [0.15, 0.2) is 34.3 Å². The zero-order chi connectivity index (χ0) is 30.7. The van der Waals surface area contributed by atoms with Crippen molar-refractivity contribution in [3.05, 3.63) is 34.3 Å². The number of hydrogen-bond acceptors (Lipinski definition) is 11. The lowest BCUT2D eigenvalue weighted by Gasteiger charge is -2.54. The molecule has 1 heterocycles. The Morgan fingerprint density at radius 3 is 2.44 bits per heavy atom. The molecule has 4 rings (SSSR count). The first-order valence-corrected chi connectivity index (χ1v) is 13.9. The Morgan fingerprint density at radius 2 is 1.85 bits per heavy atom. The van der Waals surface area contributed by atoms with Gasteiger partial charge in [-0.15, -0.1) is 0 Å². The number of ether oxygens (including phenoxy) is 4. The first kappa shape index (κ1) is 30.8. The number of cyclic esters (lactones) is 1. The second-order valence-corrected chi connectivity index (χ2v) is 12.9. The lowest BCUT2D eigenvalue weighted by molar-refractivity contribution is -0.161. The van der Waals surface area contributed by atoms with Crippen molar-refractivity contribution in [3.63, 3.8) is 0 Å². The number of aliphatic hydroxyl groups excluding tert-OH is 2. The van der Waals surface area contributed by atoms with Crippen LogP contribution in [-0.2, 0) is 38.1 Å². The third kappa shape index (κ3) is 5.18. The highest BCUT2D eigenvalue weighted by Crippen LogP contribution is 2.63. The van der Waals surface area contributed by atoms with E-state index in [0.717, 1.165) is 0 Å². The SMILES string of the molecule is COC[C@H]1OC(=O)/C(=C/N(C)CC(=O)OC(C)(C)C)C2=C(O)C(=O)C3=C([C@H](OC(C)=O)C[C@]4(C)[C@@H](O)CC[C@@H]34)[C@]21C. The van der Waals surface area contributed by atoms with Crippen LogP contribution >= 0.6 is 0 Å². The summed E-state index contributed by atoms with van der Waals surface area (Å²) in [4.78, 5) is 53.6. The van der Waals surface area contributed by atoms with E-state index >= 15 is 0 Å². The molecule has 2 fully saturated rings. The largest absolute Gasteiger partial charge is 0.504 e. The van der Waals surface area contributed by atoms with E-state index in [9.17, 15) is 29.4 Å². The molecule has 0 radical (unpaired) electrons. The number of likely N-dealkylation sites (N-methyl/N-ethyl adjacent to an activating group) is 1. The molecular formula is C30H41NO10. The van der Waals surface area contributed by atoms with E-state index < -0.39 is 70.1 Å². The molecule has 41 heavy (non-hydrogen) atoms. The standard InChI is InChI=1S/C30H41NO10/c1-15(32)39-18-11-29(5)17(9-10-19(29)33)22-24(18)30(6)20(14-38-8)40-27(37)16(23(30)26(36)25(22)35)12-31(7)13-21(34)41-28(2,3)4/h12,17-20,33,36H,9-11,13-14H2,1-8H3/b16-12+/t17-,18+,19-,20+,29-,30-/m0/s1. The molecule has 0 aromatic carbocycles. The summed E-state index contributed by atoms with van der Waals surface area (Å²) in [5, 5.41) is 22.5. The van der Waals surface area contributed by atoms with E-state index in [1.165, 1.54) is 25.1 Å². The summed E-state index contributed by atoms with van der Waals surface area (Å²) >= 11 is 0. The Labute approximate surface area is 240 Å². The number of allylic oxidation sites excluding steroid dienone is 1. The Balaban J connectivity index is 1.90. The van der Waals surface area contributed by atoms with Crippen molar-refractivity contribution < 1.29 is 48.3 Å². The van der Waals surface area contributed by atoms with Crippen LogP contribution in [0.1, 0.15) is 60.8 Å². The number of esters is 3. The quantitative estimate of drug-likeness (QED) is 0.273. The van der Waals surface area contributed by atoms with Crippen molar-refractivity contribution in [2.75, 3.05) is 27.3 Å². The molecule has 1 aliphatic heterocycles. The van der Waals surface area contributed by atoms with Crippen molar-refractivity contribution in [2.24, 2.45) is 16.7 Å². The van der Waals surface area contributed by atoms with Crippen LogP contribution in [0.5, 0.6) is 0 Å². The molecule has 0 spiro atoms. The third-order valence-corrected chi connectivity index (χ3v) is 8.80. The fourth-order valence-electron chi connectivity index (χ4n) is 7.12. The number of carbonyl (C=O) groups excluding carboxylic acids is 4. The molecule has 6 atom stereocenters. The first-order valence-electron chi connectivity index (χ1n) is 13.9. The Morgan fingerprint density at radius 1 is 1.20 bits per heavy atom. The number of ketones is 1. The van der Waals surface area contributed by atoms with Gasteiger partial charge < -0.3 is 34.1 Å². The number of hydrogen-bond donors (Lipinski definition) is 2. The van der Waals surface area contributed by atoms with Gasteiger partial charge in [0.05, 0.1) is 23.7 Å². The number of carbonyl (C=O) groups is 4. The summed E-state index contributed by atoms with van der Waals surface area (Å²) < 4.78 is 22.5. The maximum Gasteiger partial charge on any atom is 0.340 e. The number of Topliss-reactive ketones (excluding diaryl/α,β-unsaturated/α-hetero) is 1. The van der Waals surface area contributed by atoms with E-state index in [1.54, 1.807) is 34.7 Å². The minimum atomic E-state index is -1.33. The van der Waals surface area contributed by atoms with Crippen molar-refractivity contribution in [3.8, 4) is 0 Å². The van der Waals surface area contributed by atoms with Crippen molar-refractivity contribution >= 4 is 23.7 Å². The van der Waals surface area contributed by atoms with E-state index in [2.05, 4.69) is 0 Å². The fraction of sp³-hybridized carbons (Fsp3) is 0.667. The molecule has 1 saturated heterocycles. The van der Waals surface area contributed by atoms with Crippen molar-refractivity contribution in [1.82, 2.24) is 4.90 Å². The fourth-order valence-corrected chi connectivity index (χ4v) is 7.12. The zero-order valence-corrected chi connectivity index (χ0v) is 25.0. The van der Waals surface area contributed by atoms with Crippen LogP contribution in [0.2, 0.25) is 0 Å². The van der Waals surface area contributed by atoms with E-state index in [-0.39, 0.29) is 36.3 Å². The summed E-state index contributed by atoms with van der Waals surface area (Å²) in [6.45, 7) is 9.81. The zero-order valence-electron chi connectivity index (χ0n) is 25.0. The molecule has 4 aliphatic rings. The average molecular weight is 576 g/mol. The Kier molecular flexibility index (Phi) is 7.94. The number of methoxy groups -OCH3 is 1. The van der Waals surface area contributed by atoms with Crippen LogP contribution in [0.4, 0.5) is 0 Å². The molecule has 226 valence electrons. The number of fused-ring (bicyclic) bond motifs is 4. The summed E-state index contributed by atoms with van der Waals surface area (Å²) in [6.07, 6.45) is -0.0800. The van der Waals surface area contributed by atoms with Gasteiger partial charge in [-0.05, 0) is 58.4 Å². The summed E-state index contributed by atoms with van der Waals surface area (Å²) in [6, 6.07) is 0. The second-order valence-electron chi connectivity index (χ2n) is 12.9. The second kappa shape index (κ2) is 10.6. The summed E-state index contributed by atoms with van der Waals surface area (Å²) in [5.74, 6) is -3.62. The van der Waals surface area contributed by atoms with Crippen molar-refractivity contribution in [2.45, 2.75) is 84.7 Å². The monoisotopic (exact) mass is 575 g/mol. The van der Waals surface area contributed by atoms with Gasteiger partial charge in [0, 0.05) is 43.8 Å². The molecule has 2 N–H and O–H groups in total. The molecular weight excluding hydrogens is 534 g/mol. The van der Waals surface area contributed by atoms with E-state index in [4.69, 9.17) is 18.9 Å². The van der Waals surface area contributed by atoms with Gasteiger partial charge in [0.15, 0.2) is 5.76 Å². The maximum absolute atomic E-state index is 14.0. The summed E-state index contributed by atoms with van der Waals surface area (Å²) in [5.41, 5.74) is -2.17. The molecule has 0 amide bonds. The molecule has 1 saturated carbocycles. The lowest BCUT2D eigenvalue weighted by Crippen LogP contribution is -2.57. The van der Waals surface area contributed by atoms with Gasteiger partial charge in [0.1, 0.15) is 24.4 Å². The van der Waals surface area contributed by atoms with E-state index in [1.807, 2.05) is 6.92 Å². The van der Waals surface area contributed by atoms with E-state index in [0.29, 0.717) is 18.4 Å². The van der Waals surface area contributed by atoms with Crippen LogP contribution in [-0.4, -0.2) is 90.0 Å². The van der Waals surface area contributed by atoms with Crippen LogP contribution in [0, 0.1) is 16.7 Å². The smallest absolute Gasteiger partial charge is 0.340 e.